The van der Waals surface area contributed by atoms with Gasteiger partial charge in [-0.25, -0.2) is 0 Å². The number of nitrogens with zero attached hydrogens (tertiary/aromatic N) is 1. The van der Waals surface area contributed by atoms with E-state index in [9.17, 15) is 9.90 Å². The van der Waals surface area contributed by atoms with Crippen molar-refractivity contribution >= 4 is 5.91 Å². The third-order valence-corrected chi connectivity index (χ3v) is 4.28. The van der Waals surface area contributed by atoms with Crippen LogP contribution in [0, 0.1) is 13.8 Å². The molecule has 1 aliphatic carbocycles. The van der Waals surface area contributed by atoms with Gasteiger partial charge in [0.15, 0.2) is 0 Å². The molecule has 0 unspecified atom stereocenters. The van der Waals surface area contributed by atoms with Crippen LogP contribution in [-0.4, -0.2) is 27.7 Å². The van der Waals surface area contributed by atoms with E-state index in [1.165, 1.54) is 0 Å². The van der Waals surface area contributed by atoms with Crippen LogP contribution in [0.4, 0.5) is 0 Å². The van der Waals surface area contributed by atoms with Gasteiger partial charge in [0.05, 0.1) is 11.7 Å². The Morgan fingerprint density at radius 1 is 1.30 bits per heavy atom. The molecule has 20 heavy (non-hydrogen) atoms. The number of nitrogens with one attached hydrogen (secondary N) is 1. The highest BCUT2D eigenvalue weighted by molar-refractivity contribution is 5.95. The van der Waals surface area contributed by atoms with Gasteiger partial charge in [0.2, 0.25) is 0 Å². The van der Waals surface area contributed by atoms with E-state index in [0.717, 1.165) is 42.6 Å². The average molecular weight is 278 g/mol. The van der Waals surface area contributed by atoms with Crippen molar-refractivity contribution in [3.05, 3.63) is 23.0 Å². The van der Waals surface area contributed by atoms with Gasteiger partial charge in [-0.3, -0.25) is 4.79 Å². The lowest BCUT2D eigenvalue weighted by molar-refractivity contribution is 0.0867. The van der Waals surface area contributed by atoms with Gasteiger partial charge < -0.3 is 15.0 Å². The first-order valence-electron chi connectivity index (χ1n) is 7.57. The van der Waals surface area contributed by atoms with E-state index < -0.39 is 0 Å². The van der Waals surface area contributed by atoms with Crippen molar-refractivity contribution < 1.29 is 9.90 Å². The first kappa shape index (κ1) is 15.1. The number of hydrogen-bond acceptors (Lipinski definition) is 2. The summed E-state index contributed by atoms with van der Waals surface area (Å²) in [5.41, 5.74) is 2.94. The summed E-state index contributed by atoms with van der Waals surface area (Å²) < 4.78 is 2.19. The van der Waals surface area contributed by atoms with Crippen LogP contribution < -0.4 is 5.32 Å². The maximum absolute atomic E-state index is 12.4. The van der Waals surface area contributed by atoms with Gasteiger partial charge >= 0.3 is 0 Å². The molecule has 0 atom stereocenters. The second-order valence-corrected chi connectivity index (χ2v) is 6.23. The third kappa shape index (κ3) is 3.06. The average Bonchev–Trinajstić information content (AvgIpc) is 2.67. The normalized spacial score (nSPS) is 23.1. The molecule has 2 N–H and O–H groups in total. The minimum atomic E-state index is -0.186. The van der Waals surface area contributed by atoms with Gasteiger partial charge in [0.25, 0.3) is 5.91 Å². The van der Waals surface area contributed by atoms with Crippen molar-refractivity contribution in [2.45, 2.75) is 71.6 Å². The van der Waals surface area contributed by atoms with Crippen LogP contribution in [0.3, 0.4) is 0 Å². The van der Waals surface area contributed by atoms with Crippen LogP contribution in [0.2, 0.25) is 0 Å². The van der Waals surface area contributed by atoms with Crippen LogP contribution in [0.5, 0.6) is 0 Å². The molecule has 0 aliphatic heterocycles. The Bertz CT molecular complexity index is 483. The number of aromatic nitrogens is 1. The fraction of sp³-hybridized carbons (Fsp3) is 0.688. The Labute approximate surface area is 121 Å². The van der Waals surface area contributed by atoms with E-state index in [1.54, 1.807) is 0 Å². The maximum Gasteiger partial charge on any atom is 0.253 e. The van der Waals surface area contributed by atoms with Gasteiger partial charge in [0, 0.05) is 23.5 Å². The Balaban J connectivity index is 2.08. The molecule has 1 aromatic heterocycles. The molecule has 1 heterocycles. The number of aryl methyl sites for hydroxylation is 1. The number of carbonyl (C=O) groups is 1. The molecule has 1 saturated carbocycles. The van der Waals surface area contributed by atoms with Crippen LogP contribution in [-0.2, 0) is 0 Å². The predicted octanol–water partition coefficient (Wildman–Crippen LogP) is 2.72. The minimum Gasteiger partial charge on any atom is -0.393 e. The lowest BCUT2D eigenvalue weighted by Crippen LogP contribution is -2.38. The van der Waals surface area contributed by atoms with Crippen molar-refractivity contribution in [3.8, 4) is 0 Å². The summed E-state index contributed by atoms with van der Waals surface area (Å²) in [4.78, 5) is 12.4. The highest BCUT2D eigenvalue weighted by Gasteiger charge is 2.23. The molecule has 1 aromatic rings. The zero-order valence-corrected chi connectivity index (χ0v) is 12.9. The molecule has 2 rings (SSSR count). The van der Waals surface area contributed by atoms with E-state index in [2.05, 4.69) is 23.7 Å². The van der Waals surface area contributed by atoms with E-state index in [4.69, 9.17) is 0 Å². The molecule has 0 bridgehead atoms. The summed E-state index contributed by atoms with van der Waals surface area (Å²) in [6.07, 6.45) is 3.13. The Morgan fingerprint density at radius 2 is 1.90 bits per heavy atom. The van der Waals surface area contributed by atoms with Gasteiger partial charge in [-0.1, -0.05) is 0 Å². The lowest BCUT2D eigenvalue weighted by Gasteiger charge is -2.26. The molecule has 0 saturated heterocycles. The molecule has 4 heteroatoms. The van der Waals surface area contributed by atoms with Gasteiger partial charge in [-0.05, 0) is 59.4 Å². The number of amides is 1. The summed E-state index contributed by atoms with van der Waals surface area (Å²) >= 11 is 0. The lowest BCUT2D eigenvalue weighted by atomic mass is 9.93. The Morgan fingerprint density at radius 3 is 2.40 bits per heavy atom. The predicted molar refractivity (Wildman–Crippen MR) is 80.0 cm³/mol. The molecule has 0 radical (unpaired) electrons. The quantitative estimate of drug-likeness (QED) is 0.893. The Hall–Kier alpha value is -1.29. The summed E-state index contributed by atoms with van der Waals surface area (Å²) in [7, 11) is 0. The van der Waals surface area contributed by atoms with Crippen molar-refractivity contribution in [2.75, 3.05) is 0 Å². The molecule has 1 aliphatic rings. The molecule has 0 aromatic carbocycles. The van der Waals surface area contributed by atoms with Crippen LogP contribution in [0.25, 0.3) is 0 Å². The fourth-order valence-corrected chi connectivity index (χ4v) is 3.28. The molecule has 112 valence electrons. The molecule has 4 nitrogen and oxygen atoms in total. The standard InChI is InChI=1S/C16H26N2O2/c1-10(2)18-11(3)9-15(12(18)4)16(20)17-13-5-7-14(19)8-6-13/h9-10,13-14,19H,5-8H2,1-4H3,(H,17,20). The minimum absolute atomic E-state index is 0.0198. The van der Waals surface area contributed by atoms with E-state index in [1.807, 2.05) is 19.9 Å². The zero-order valence-electron chi connectivity index (χ0n) is 12.9. The van der Waals surface area contributed by atoms with Gasteiger partial charge in [-0.2, -0.15) is 0 Å². The van der Waals surface area contributed by atoms with Crippen LogP contribution in [0.1, 0.15) is 67.3 Å². The monoisotopic (exact) mass is 278 g/mol. The van der Waals surface area contributed by atoms with Crippen LogP contribution in [0.15, 0.2) is 6.07 Å². The fourth-order valence-electron chi connectivity index (χ4n) is 3.28. The van der Waals surface area contributed by atoms with E-state index in [-0.39, 0.29) is 18.1 Å². The first-order chi connectivity index (χ1) is 9.40. The maximum atomic E-state index is 12.4. The number of aliphatic hydroxyl groups is 1. The highest BCUT2D eigenvalue weighted by atomic mass is 16.3. The second kappa shape index (κ2) is 6.00. The summed E-state index contributed by atoms with van der Waals surface area (Å²) in [6, 6.07) is 2.54. The summed E-state index contributed by atoms with van der Waals surface area (Å²) in [5.74, 6) is 0.0198. The Kier molecular flexibility index (Phi) is 4.53. The van der Waals surface area contributed by atoms with E-state index in [0.29, 0.717) is 6.04 Å². The van der Waals surface area contributed by atoms with Gasteiger partial charge in [0.1, 0.15) is 0 Å². The second-order valence-electron chi connectivity index (χ2n) is 6.23. The molecule has 1 fully saturated rings. The van der Waals surface area contributed by atoms with Crippen molar-refractivity contribution in [3.63, 3.8) is 0 Å². The largest absolute Gasteiger partial charge is 0.393 e. The van der Waals surface area contributed by atoms with Crippen molar-refractivity contribution in [1.82, 2.24) is 9.88 Å². The number of hydrogen-bond donors (Lipinski definition) is 2. The smallest absolute Gasteiger partial charge is 0.253 e. The number of rotatable bonds is 3. The highest BCUT2D eigenvalue weighted by Crippen LogP contribution is 2.22. The van der Waals surface area contributed by atoms with Gasteiger partial charge in [-0.15, -0.1) is 0 Å². The third-order valence-electron chi connectivity index (χ3n) is 4.28. The zero-order chi connectivity index (χ0) is 14.9. The summed E-state index contributed by atoms with van der Waals surface area (Å²) in [6.45, 7) is 8.31. The topological polar surface area (TPSA) is 54.3 Å². The number of carbonyl (C=O) groups excluding carboxylic acids is 1. The first-order valence-corrected chi connectivity index (χ1v) is 7.57. The molecule has 1 amide bonds. The van der Waals surface area contributed by atoms with Crippen molar-refractivity contribution in [1.29, 1.82) is 0 Å². The number of aliphatic hydroxyl groups excluding tert-OH is 1. The molecular formula is C16H26N2O2. The SMILES string of the molecule is Cc1cc(C(=O)NC2CCC(O)CC2)c(C)n1C(C)C. The molecule has 0 spiro atoms. The van der Waals surface area contributed by atoms with E-state index >= 15 is 0 Å². The van der Waals surface area contributed by atoms with Crippen molar-refractivity contribution in [2.24, 2.45) is 0 Å². The molecular weight excluding hydrogens is 252 g/mol. The van der Waals surface area contributed by atoms with Crippen LogP contribution >= 0.6 is 0 Å². The summed E-state index contributed by atoms with van der Waals surface area (Å²) in [5, 5.41) is 12.6.